The van der Waals surface area contributed by atoms with Crippen molar-refractivity contribution < 1.29 is 9.59 Å². The Morgan fingerprint density at radius 1 is 1.08 bits per heavy atom. The number of hydrogen-bond acceptors (Lipinski definition) is 4. The Kier molecular flexibility index (Phi) is 6.63. The first-order valence-corrected chi connectivity index (χ1v) is 9.73. The van der Waals surface area contributed by atoms with Crippen LogP contribution < -0.4 is 16.4 Å². The Balaban J connectivity index is 1.38. The number of piperidine rings is 1. The predicted octanol–water partition coefficient (Wildman–Crippen LogP) is 1.58. The normalized spacial score (nSPS) is 24.3. The monoisotopic (exact) mass is 358 g/mol. The van der Waals surface area contributed by atoms with Crippen molar-refractivity contribution in [2.75, 3.05) is 31.5 Å². The summed E-state index contributed by atoms with van der Waals surface area (Å²) in [7, 11) is 0. The number of benzene rings is 1. The van der Waals surface area contributed by atoms with Gasteiger partial charge in [-0.05, 0) is 50.3 Å². The quantitative estimate of drug-likeness (QED) is 0.720. The molecule has 2 amide bonds. The number of carbonyl (C=O) groups is 2. The molecule has 1 saturated carbocycles. The first-order valence-electron chi connectivity index (χ1n) is 9.73. The molecular weight excluding hydrogens is 328 g/mol. The average molecular weight is 358 g/mol. The van der Waals surface area contributed by atoms with Crippen LogP contribution in [-0.4, -0.2) is 48.9 Å². The first-order chi connectivity index (χ1) is 12.7. The Morgan fingerprint density at radius 2 is 1.81 bits per heavy atom. The first kappa shape index (κ1) is 18.9. The van der Waals surface area contributed by atoms with Crippen LogP contribution in [0.1, 0.15) is 32.1 Å². The smallest absolute Gasteiger partial charge is 0.238 e. The number of nitrogens with zero attached hydrogens (tertiary/aromatic N) is 1. The number of hydrogen-bond donors (Lipinski definition) is 3. The zero-order chi connectivity index (χ0) is 18.4. The summed E-state index contributed by atoms with van der Waals surface area (Å²) < 4.78 is 0. The third kappa shape index (κ3) is 5.05. The van der Waals surface area contributed by atoms with Crippen molar-refractivity contribution >= 4 is 17.5 Å². The second kappa shape index (κ2) is 9.14. The number of rotatable bonds is 6. The van der Waals surface area contributed by atoms with E-state index in [2.05, 4.69) is 15.5 Å². The zero-order valence-corrected chi connectivity index (χ0v) is 15.3. The Morgan fingerprint density at radius 3 is 2.50 bits per heavy atom. The molecule has 3 rings (SSSR count). The van der Waals surface area contributed by atoms with E-state index < -0.39 is 0 Å². The molecule has 1 aromatic carbocycles. The predicted molar refractivity (Wildman–Crippen MR) is 103 cm³/mol. The van der Waals surface area contributed by atoms with Gasteiger partial charge in [-0.3, -0.25) is 14.5 Å². The lowest BCUT2D eigenvalue weighted by atomic mass is 9.94. The largest absolute Gasteiger partial charge is 0.353 e. The van der Waals surface area contributed by atoms with E-state index >= 15 is 0 Å². The number of carbonyl (C=O) groups excluding carboxylic acids is 2. The van der Waals surface area contributed by atoms with E-state index in [1.165, 1.54) is 0 Å². The Hall–Kier alpha value is -1.92. The number of nitrogens with one attached hydrogen (secondary N) is 2. The molecule has 2 atom stereocenters. The van der Waals surface area contributed by atoms with Crippen LogP contribution in [0.15, 0.2) is 30.3 Å². The van der Waals surface area contributed by atoms with E-state index in [9.17, 15) is 9.59 Å². The fourth-order valence-corrected chi connectivity index (χ4v) is 4.13. The molecule has 0 bridgehead atoms. The number of likely N-dealkylation sites (tertiary alicyclic amines) is 1. The summed E-state index contributed by atoms with van der Waals surface area (Å²) in [6, 6.07) is 9.73. The highest BCUT2D eigenvalue weighted by atomic mass is 16.2. The summed E-state index contributed by atoms with van der Waals surface area (Å²) in [4.78, 5) is 26.8. The van der Waals surface area contributed by atoms with Crippen LogP contribution in [0.25, 0.3) is 0 Å². The number of para-hydroxylation sites is 1. The molecule has 1 aromatic rings. The van der Waals surface area contributed by atoms with E-state index in [4.69, 9.17) is 5.73 Å². The molecular formula is C20H30N4O2. The second-order valence-corrected chi connectivity index (χ2v) is 7.51. The lowest BCUT2D eigenvalue weighted by molar-refractivity contribution is -0.127. The molecule has 0 aromatic heterocycles. The third-order valence-corrected chi connectivity index (χ3v) is 5.66. The van der Waals surface area contributed by atoms with Crippen molar-refractivity contribution in [3.8, 4) is 0 Å². The summed E-state index contributed by atoms with van der Waals surface area (Å²) in [5, 5.41) is 6.14. The number of anilines is 1. The van der Waals surface area contributed by atoms with Crippen molar-refractivity contribution in [2.24, 2.45) is 17.6 Å². The molecule has 142 valence electrons. The topological polar surface area (TPSA) is 87.5 Å². The highest BCUT2D eigenvalue weighted by Crippen LogP contribution is 2.31. The number of nitrogens with two attached hydrogens (primary N) is 1. The highest BCUT2D eigenvalue weighted by molar-refractivity contribution is 5.92. The second-order valence-electron chi connectivity index (χ2n) is 7.51. The molecule has 1 aliphatic heterocycles. The van der Waals surface area contributed by atoms with Gasteiger partial charge in [0.05, 0.1) is 6.54 Å². The van der Waals surface area contributed by atoms with Gasteiger partial charge in [0.1, 0.15) is 0 Å². The fraction of sp³-hybridized carbons (Fsp3) is 0.600. The molecule has 2 aliphatic rings. The molecule has 1 aliphatic carbocycles. The Bertz CT molecular complexity index is 599. The summed E-state index contributed by atoms with van der Waals surface area (Å²) in [6.45, 7) is 2.66. The summed E-state index contributed by atoms with van der Waals surface area (Å²) in [5.41, 5.74) is 6.62. The van der Waals surface area contributed by atoms with Gasteiger partial charge >= 0.3 is 0 Å². The minimum absolute atomic E-state index is 0.00966. The standard InChI is InChI=1S/C20H30N4O2/c21-13-15-5-4-8-18(15)20(26)23-17-9-11-24(12-10-17)14-19(25)22-16-6-2-1-3-7-16/h1-3,6-7,15,17-18H,4-5,8-14,21H2,(H,22,25)(H,23,26)/t15-,18-/m1/s1. The summed E-state index contributed by atoms with van der Waals surface area (Å²) in [5.74, 6) is 0.625. The van der Waals surface area contributed by atoms with E-state index in [0.29, 0.717) is 19.0 Å². The van der Waals surface area contributed by atoms with E-state index in [1.54, 1.807) is 0 Å². The van der Waals surface area contributed by atoms with Crippen LogP contribution in [-0.2, 0) is 9.59 Å². The van der Waals surface area contributed by atoms with Gasteiger partial charge in [-0.1, -0.05) is 24.6 Å². The van der Waals surface area contributed by atoms with Gasteiger partial charge in [0.15, 0.2) is 0 Å². The van der Waals surface area contributed by atoms with Crippen LogP contribution in [0.4, 0.5) is 5.69 Å². The zero-order valence-electron chi connectivity index (χ0n) is 15.3. The van der Waals surface area contributed by atoms with Crippen LogP contribution in [0.2, 0.25) is 0 Å². The molecule has 6 nitrogen and oxygen atoms in total. The van der Waals surface area contributed by atoms with Gasteiger partial charge < -0.3 is 16.4 Å². The fourth-order valence-electron chi connectivity index (χ4n) is 4.13. The highest BCUT2D eigenvalue weighted by Gasteiger charge is 2.33. The molecule has 0 radical (unpaired) electrons. The van der Waals surface area contributed by atoms with Crippen LogP contribution in [0, 0.1) is 11.8 Å². The maximum atomic E-state index is 12.5. The van der Waals surface area contributed by atoms with Gasteiger partial charge in [0.2, 0.25) is 11.8 Å². The Labute approximate surface area is 155 Å². The number of amides is 2. The van der Waals surface area contributed by atoms with E-state index in [-0.39, 0.29) is 23.8 Å². The third-order valence-electron chi connectivity index (χ3n) is 5.66. The summed E-state index contributed by atoms with van der Waals surface area (Å²) in [6.07, 6.45) is 4.93. The average Bonchev–Trinajstić information content (AvgIpc) is 3.13. The molecule has 6 heteroatoms. The molecule has 1 saturated heterocycles. The van der Waals surface area contributed by atoms with Crippen molar-refractivity contribution in [3.63, 3.8) is 0 Å². The van der Waals surface area contributed by atoms with Gasteiger partial charge in [0, 0.05) is 30.7 Å². The van der Waals surface area contributed by atoms with Crippen molar-refractivity contribution in [3.05, 3.63) is 30.3 Å². The molecule has 0 unspecified atom stereocenters. The SMILES string of the molecule is NC[C@H]1CCC[C@H]1C(=O)NC1CCN(CC(=O)Nc2ccccc2)CC1. The van der Waals surface area contributed by atoms with Gasteiger partial charge in [0.25, 0.3) is 0 Å². The lowest BCUT2D eigenvalue weighted by Crippen LogP contribution is -2.48. The minimum Gasteiger partial charge on any atom is -0.353 e. The van der Waals surface area contributed by atoms with E-state index in [0.717, 1.165) is 50.9 Å². The molecule has 2 fully saturated rings. The van der Waals surface area contributed by atoms with Gasteiger partial charge in [-0.25, -0.2) is 0 Å². The minimum atomic E-state index is 0.00966. The van der Waals surface area contributed by atoms with Crippen LogP contribution in [0.5, 0.6) is 0 Å². The maximum absolute atomic E-state index is 12.5. The van der Waals surface area contributed by atoms with Crippen LogP contribution in [0.3, 0.4) is 0 Å². The summed E-state index contributed by atoms with van der Waals surface area (Å²) >= 11 is 0. The van der Waals surface area contributed by atoms with Gasteiger partial charge in [-0.15, -0.1) is 0 Å². The van der Waals surface area contributed by atoms with Crippen molar-refractivity contribution in [1.29, 1.82) is 0 Å². The van der Waals surface area contributed by atoms with Crippen molar-refractivity contribution in [2.45, 2.75) is 38.1 Å². The molecule has 26 heavy (non-hydrogen) atoms. The molecule has 1 heterocycles. The molecule has 0 spiro atoms. The van der Waals surface area contributed by atoms with E-state index in [1.807, 2.05) is 30.3 Å². The van der Waals surface area contributed by atoms with Gasteiger partial charge in [-0.2, -0.15) is 0 Å². The lowest BCUT2D eigenvalue weighted by Gasteiger charge is -2.32. The maximum Gasteiger partial charge on any atom is 0.238 e. The van der Waals surface area contributed by atoms with Crippen LogP contribution >= 0.6 is 0 Å². The molecule has 4 N–H and O–H groups in total. The van der Waals surface area contributed by atoms with Crippen molar-refractivity contribution in [1.82, 2.24) is 10.2 Å².